The van der Waals surface area contributed by atoms with E-state index >= 15 is 0 Å². The van der Waals surface area contributed by atoms with Crippen LogP contribution in [0.1, 0.15) is 30.7 Å². The van der Waals surface area contributed by atoms with Crippen LogP contribution in [-0.2, 0) is 20.8 Å². The molecule has 0 aliphatic carbocycles. The van der Waals surface area contributed by atoms with Crippen LogP contribution in [0.4, 0.5) is 0 Å². The number of hydroxylamine groups is 1. The smallest absolute Gasteiger partial charge is 0.244 e. The van der Waals surface area contributed by atoms with E-state index in [1.54, 1.807) is 11.3 Å². The van der Waals surface area contributed by atoms with Crippen molar-refractivity contribution in [2.75, 3.05) is 6.61 Å². The number of nitrogens with one attached hydrogen (secondary N) is 1. The first-order chi connectivity index (χ1) is 10.3. The molecule has 5 nitrogen and oxygen atoms in total. The van der Waals surface area contributed by atoms with Crippen molar-refractivity contribution in [3.8, 4) is 0 Å². The molecule has 1 aromatic heterocycles. The third-order valence-corrected chi connectivity index (χ3v) is 4.44. The lowest BCUT2D eigenvalue weighted by atomic mass is 10.2. The molecule has 2 aromatic rings. The second-order valence-electron chi connectivity index (χ2n) is 5.01. The zero-order chi connectivity index (χ0) is 14.5. The van der Waals surface area contributed by atoms with Crippen LogP contribution >= 0.6 is 11.3 Å². The van der Waals surface area contributed by atoms with E-state index in [0.717, 1.165) is 34.5 Å². The van der Waals surface area contributed by atoms with Gasteiger partial charge in [0.2, 0.25) is 5.91 Å². The molecule has 2 heterocycles. The Balaban J connectivity index is 1.44. The van der Waals surface area contributed by atoms with E-state index in [4.69, 9.17) is 9.57 Å². The van der Waals surface area contributed by atoms with E-state index in [-0.39, 0.29) is 12.2 Å². The summed E-state index contributed by atoms with van der Waals surface area (Å²) in [5.74, 6) is -0.136. The van der Waals surface area contributed by atoms with Crippen molar-refractivity contribution in [2.45, 2.75) is 38.4 Å². The second-order valence-corrected chi connectivity index (χ2v) is 6.13. The lowest BCUT2D eigenvalue weighted by Gasteiger charge is -2.22. The Morgan fingerprint density at radius 2 is 2.33 bits per heavy atom. The van der Waals surface area contributed by atoms with Crippen LogP contribution in [-0.4, -0.2) is 23.8 Å². The van der Waals surface area contributed by atoms with Gasteiger partial charge in [0.15, 0.2) is 6.29 Å². The van der Waals surface area contributed by atoms with E-state index < -0.39 is 0 Å². The summed E-state index contributed by atoms with van der Waals surface area (Å²) in [4.78, 5) is 21.5. The fourth-order valence-corrected chi connectivity index (χ4v) is 3.20. The molecule has 1 aromatic carbocycles. The van der Waals surface area contributed by atoms with E-state index in [2.05, 4.69) is 10.5 Å². The van der Waals surface area contributed by atoms with Crippen molar-refractivity contribution in [1.29, 1.82) is 0 Å². The molecule has 1 aliphatic rings. The number of rotatable bonds is 5. The predicted molar refractivity (Wildman–Crippen MR) is 80.8 cm³/mol. The number of nitrogens with zero attached hydrogens (tertiary/aromatic N) is 1. The van der Waals surface area contributed by atoms with Crippen molar-refractivity contribution >= 4 is 27.5 Å². The zero-order valence-corrected chi connectivity index (χ0v) is 12.5. The summed E-state index contributed by atoms with van der Waals surface area (Å²) in [6.45, 7) is 0.701. The summed E-state index contributed by atoms with van der Waals surface area (Å²) >= 11 is 1.63. The SMILES string of the molecule is O=C(CCc1nc2ccccc2s1)NOC1CCCCO1. The minimum absolute atomic E-state index is 0.136. The predicted octanol–water partition coefficient (Wildman–Crippen LogP) is 2.80. The molecule has 21 heavy (non-hydrogen) atoms. The number of carbonyl (C=O) groups excluding carboxylic acids is 1. The Bertz CT molecular complexity index is 575. The highest BCUT2D eigenvalue weighted by Gasteiger charge is 2.15. The molecular weight excluding hydrogens is 288 g/mol. The Morgan fingerprint density at radius 3 is 3.14 bits per heavy atom. The molecule has 1 saturated heterocycles. The van der Waals surface area contributed by atoms with Gasteiger partial charge in [0.25, 0.3) is 0 Å². The highest BCUT2D eigenvalue weighted by Crippen LogP contribution is 2.22. The molecule has 1 aliphatic heterocycles. The van der Waals surface area contributed by atoms with Gasteiger partial charge in [-0.3, -0.25) is 4.79 Å². The maximum Gasteiger partial charge on any atom is 0.244 e. The van der Waals surface area contributed by atoms with Crippen LogP contribution in [0, 0.1) is 0 Å². The average molecular weight is 306 g/mol. The Kier molecular flexibility index (Phi) is 4.80. The molecule has 6 heteroatoms. The first kappa shape index (κ1) is 14.4. The number of hydrogen-bond donors (Lipinski definition) is 1. The second kappa shape index (κ2) is 6.98. The first-order valence-corrected chi connectivity index (χ1v) is 8.03. The zero-order valence-electron chi connectivity index (χ0n) is 11.7. The number of fused-ring (bicyclic) bond motifs is 1. The number of carbonyl (C=O) groups is 1. The minimum Gasteiger partial charge on any atom is -0.350 e. The maximum absolute atomic E-state index is 11.8. The van der Waals surface area contributed by atoms with E-state index in [9.17, 15) is 4.79 Å². The molecule has 1 unspecified atom stereocenters. The van der Waals surface area contributed by atoms with Crippen LogP contribution in [0.3, 0.4) is 0 Å². The molecule has 112 valence electrons. The van der Waals surface area contributed by atoms with Crippen LogP contribution in [0.25, 0.3) is 10.2 Å². The van der Waals surface area contributed by atoms with Gasteiger partial charge >= 0.3 is 0 Å². The quantitative estimate of drug-likeness (QED) is 0.863. The van der Waals surface area contributed by atoms with Crippen molar-refractivity contribution < 1.29 is 14.4 Å². The van der Waals surface area contributed by atoms with Crippen molar-refractivity contribution in [3.63, 3.8) is 0 Å². The topological polar surface area (TPSA) is 60.5 Å². The molecule has 0 saturated carbocycles. The lowest BCUT2D eigenvalue weighted by Crippen LogP contribution is -2.33. The molecular formula is C15H18N2O3S. The summed E-state index contributed by atoms with van der Waals surface area (Å²) < 4.78 is 6.54. The van der Waals surface area contributed by atoms with Gasteiger partial charge in [-0.2, -0.15) is 0 Å². The van der Waals surface area contributed by atoms with Crippen LogP contribution in [0.5, 0.6) is 0 Å². The van der Waals surface area contributed by atoms with Gasteiger partial charge in [0.05, 0.1) is 15.2 Å². The third-order valence-electron chi connectivity index (χ3n) is 3.35. The van der Waals surface area contributed by atoms with Crippen LogP contribution in [0.2, 0.25) is 0 Å². The number of aromatic nitrogens is 1. The van der Waals surface area contributed by atoms with Crippen molar-refractivity contribution in [2.24, 2.45) is 0 Å². The fraction of sp³-hybridized carbons (Fsp3) is 0.467. The molecule has 1 atom stereocenters. The normalized spacial score (nSPS) is 18.8. The fourth-order valence-electron chi connectivity index (χ4n) is 2.23. The molecule has 0 spiro atoms. The Hall–Kier alpha value is -1.50. The summed E-state index contributed by atoms with van der Waals surface area (Å²) in [6, 6.07) is 7.99. The van der Waals surface area contributed by atoms with E-state index in [0.29, 0.717) is 19.4 Å². The molecule has 0 bridgehead atoms. The number of ether oxygens (including phenoxy) is 1. The molecule has 0 radical (unpaired) electrons. The monoisotopic (exact) mass is 306 g/mol. The number of benzene rings is 1. The van der Waals surface area contributed by atoms with E-state index in [1.807, 2.05) is 24.3 Å². The van der Waals surface area contributed by atoms with Gasteiger partial charge in [-0.15, -0.1) is 11.3 Å². The molecule has 1 N–H and O–H groups in total. The summed E-state index contributed by atoms with van der Waals surface area (Å²) in [7, 11) is 0. The van der Waals surface area contributed by atoms with Gasteiger partial charge in [0, 0.05) is 25.9 Å². The number of thiazole rings is 1. The molecule has 1 fully saturated rings. The van der Waals surface area contributed by atoms with Gasteiger partial charge in [0.1, 0.15) is 0 Å². The highest BCUT2D eigenvalue weighted by atomic mass is 32.1. The molecule has 3 rings (SSSR count). The minimum atomic E-state index is -0.301. The number of hydrogen-bond acceptors (Lipinski definition) is 5. The Morgan fingerprint density at radius 1 is 1.43 bits per heavy atom. The van der Waals surface area contributed by atoms with Crippen LogP contribution in [0.15, 0.2) is 24.3 Å². The highest BCUT2D eigenvalue weighted by molar-refractivity contribution is 7.18. The maximum atomic E-state index is 11.8. The summed E-state index contributed by atoms with van der Waals surface area (Å²) in [6.07, 6.45) is 3.66. The summed E-state index contributed by atoms with van der Waals surface area (Å²) in [5, 5.41) is 0.972. The van der Waals surface area contributed by atoms with Gasteiger partial charge < -0.3 is 4.74 Å². The van der Waals surface area contributed by atoms with E-state index in [1.165, 1.54) is 0 Å². The largest absolute Gasteiger partial charge is 0.350 e. The number of amides is 1. The lowest BCUT2D eigenvalue weighted by molar-refractivity contribution is -0.200. The number of aryl methyl sites for hydroxylation is 1. The van der Waals surface area contributed by atoms with Crippen LogP contribution < -0.4 is 5.48 Å². The number of para-hydroxylation sites is 1. The standard InChI is InChI=1S/C15H18N2O3S/c18-13(17-20-15-7-3-4-10-19-15)8-9-14-16-11-5-1-2-6-12(11)21-14/h1-2,5-6,15H,3-4,7-10H2,(H,17,18). The Labute approximate surface area is 127 Å². The van der Waals surface area contributed by atoms with Gasteiger partial charge in [-0.25, -0.2) is 15.3 Å². The van der Waals surface area contributed by atoms with Gasteiger partial charge in [-0.1, -0.05) is 12.1 Å². The summed E-state index contributed by atoms with van der Waals surface area (Å²) in [5.41, 5.74) is 3.46. The third kappa shape index (κ3) is 4.00. The van der Waals surface area contributed by atoms with Crippen molar-refractivity contribution in [3.05, 3.63) is 29.3 Å². The average Bonchev–Trinajstić information content (AvgIpc) is 2.95. The first-order valence-electron chi connectivity index (χ1n) is 7.22. The molecule has 1 amide bonds. The van der Waals surface area contributed by atoms with Gasteiger partial charge in [-0.05, 0) is 25.0 Å². The van der Waals surface area contributed by atoms with Crippen molar-refractivity contribution in [1.82, 2.24) is 10.5 Å².